The maximum absolute atomic E-state index is 10.5. The highest BCUT2D eigenvalue weighted by Crippen LogP contribution is 2.18. The summed E-state index contributed by atoms with van der Waals surface area (Å²) in [6.07, 6.45) is 0. The highest BCUT2D eigenvalue weighted by Gasteiger charge is 2.29. The number of rotatable bonds is 0. The first-order valence-corrected chi connectivity index (χ1v) is 3.23. The van der Waals surface area contributed by atoms with Crippen LogP contribution in [0.3, 0.4) is 0 Å². The monoisotopic (exact) mass is 190 g/mol. The van der Waals surface area contributed by atoms with E-state index in [0.29, 0.717) is 0 Å². The third-order valence-corrected chi connectivity index (χ3v) is 1.73. The molecule has 48 valence electrons. The Kier molecular flexibility index (Phi) is 1.69. The summed E-state index contributed by atoms with van der Waals surface area (Å²) >= 11 is 3.06. The molecule has 0 aromatic carbocycles. The van der Waals surface area contributed by atoms with E-state index in [9.17, 15) is 9.59 Å². The Balaban J connectivity index is 2.91. The molecule has 1 fully saturated rings. The summed E-state index contributed by atoms with van der Waals surface area (Å²) in [5, 5.41) is 0. The van der Waals surface area contributed by atoms with Gasteiger partial charge in [-0.1, -0.05) is 15.9 Å². The Morgan fingerprint density at radius 1 is 1.78 bits per heavy atom. The average Bonchev–Trinajstić information content (AvgIpc) is 2.12. The molecule has 1 aliphatic heterocycles. The van der Waals surface area contributed by atoms with E-state index in [-0.39, 0.29) is 17.0 Å². The summed E-state index contributed by atoms with van der Waals surface area (Å²) in [5.41, 5.74) is 0.0509. The molecule has 9 heavy (non-hydrogen) atoms. The molecule has 0 radical (unpaired) electrons. The van der Waals surface area contributed by atoms with Gasteiger partial charge in [-0.05, 0) is 0 Å². The van der Waals surface area contributed by atoms with Gasteiger partial charge >= 0.3 is 5.97 Å². The number of carbonyl (C=O) groups is 1. The summed E-state index contributed by atoms with van der Waals surface area (Å²) in [5.74, 6) is 0.946. The SMILES string of the molecule is O=C=C1C(=O)OCC1Br. The van der Waals surface area contributed by atoms with E-state index >= 15 is 0 Å². The second-order valence-electron chi connectivity index (χ2n) is 1.58. The molecule has 3 nitrogen and oxygen atoms in total. The van der Waals surface area contributed by atoms with Crippen LogP contribution < -0.4 is 0 Å². The van der Waals surface area contributed by atoms with Crippen molar-refractivity contribution in [3.63, 3.8) is 0 Å². The van der Waals surface area contributed by atoms with Gasteiger partial charge in [0.05, 0.1) is 4.83 Å². The van der Waals surface area contributed by atoms with Crippen LogP contribution in [-0.2, 0) is 14.3 Å². The summed E-state index contributed by atoms with van der Waals surface area (Å²) in [7, 11) is 0. The molecule has 1 saturated heterocycles. The fourth-order valence-corrected chi connectivity index (χ4v) is 0.956. The smallest absolute Gasteiger partial charge is 0.346 e. The Bertz CT molecular complexity index is 192. The van der Waals surface area contributed by atoms with E-state index in [0.717, 1.165) is 0 Å². The number of hydrogen-bond acceptors (Lipinski definition) is 3. The van der Waals surface area contributed by atoms with Crippen LogP contribution in [0.2, 0.25) is 0 Å². The molecular weight excluding hydrogens is 188 g/mol. The number of cyclic esters (lactones) is 1. The molecule has 0 saturated carbocycles. The van der Waals surface area contributed by atoms with Gasteiger partial charge in [-0.15, -0.1) is 0 Å². The second-order valence-corrected chi connectivity index (χ2v) is 2.69. The minimum atomic E-state index is -0.563. The lowest BCUT2D eigenvalue weighted by atomic mass is 10.3. The zero-order chi connectivity index (χ0) is 6.85. The normalized spacial score (nSPS) is 25.7. The highest BCUT2D eigenvalue weighted by molar-refractivity contribution is 9.09. The van der Waals surface area contributed by atoms with Crippen molar-refractivity contribution in [2.45, 2.75) is 4.83 Å². The first kappa shape index (κ1) is 6.52. The summed E-state index contributed by atoms with van der Waals surface area (Å²) in [4.78, 5) is 20.1. The Morgan fingerprint density at radius 2 is 2.44 bits per heavy atom. The van der Waals surface area contributed by atoms with Gasteiger partial charge in [0.1, 0.15) is 18.1 Å². The molecule has 1 heterocycles. The molecule has 0 aliphatic carbocycles. The first-order chi connectivity index (χ1) is 4.25. The Morgan fingerprint density at radius 3 is 2.67 bits per heavy atom. The molecular formula is C5H3BrO3. The first-order valence-electron chi connectivity index (χ1n) is 2.32. The third kappa shape index (κ3) is 1.04. The van der Waals surface area contributed by atoms with Crippen LogP contribution in [0, 0.1) is 0 Å². The molecule has 1 atom stereocenters. The largest absolute Gasteiger partial charge is 0.460 e. The van der Waals surface area contributed by atoms with Crippen molar-refractivity contribution in [3.05, 3.63) is 5.57 Å². The van der Waals surface area contributed by atoms with Gasteiger partial charge in [0.25, 0.3) is 0 Å². The van der Waals surface area contributed by atoms with Gasteiger partial charge in [0, 0.05) is 0 Å². The zero-order valence-electron chi connectivity index (χ0n) is 4.39. The quantitative estimate of drug-likeness (QED) is 0.235. The molecule has 0 spiro atoms. The van der Waals surface area contributed by atoms with Gasteiger partial charge < -0.3 is 4.74 Å². The number of hydrogen-bond donors (Lipinski definition) is 0. The van der Waals surface area contributed by atoms with Crippen molar-refractivity contribution < 1.29 is 14.3 Å². The van der Waals surface area contributed by atoms with Crippen LogP contribution in [0.4, 0.5) is 0 Å². The average molecular weight is 191 g/mol. The van der Waals surface area contributed by atoms with E-state index < -0.39 is 5.97 Å². The molecule has 1 unspecified atom stereocenters. The predicted molar refractivity (Wildman–Crippen MR) is 32.9 cm³/mol. The van der Waals surface area contributed by atoms with Gasteiger partial charge in [-0.25, -0.2) is 9.59 Å². The molecule has 0 N–H and O–H groups in total. The summed E-state index contributed by atoms with van der Waals surface area (Å²) in [6, 6.07) is 0. The predicted octanol–water partition coefficient (Wildman–Crippen LogP) is 0.0647. The van der Waals surface area contributed by atoms with Crippen molar-refractivity contribution in [1.82, 2.24) is 0 Å². The number of ether oxygens (including phenoxy) is 1. The van der Waals surface area contributed by atoms with Gasteiger partial charge in [0.15, 0.2) is 0 Å². The fraction of sp³-hybridized carbons (Fsp3) is 0.400. The molecule has 0 aromatic heterocycles. The van der Waals surface area contributed by atoms with Crippen LogP contribution in [0.1, 0.15) is 0 Å². The van der Waals surface area contributed by atoms with Crippen molar-refractivity contribution in [2.75, 3.05) is 6.61 Å². The molecule has 0 bridgehead atoms. The number of esters is 1. The number of carbonyl (C=O) groups excluding carboxylic acids is 2. The standard InChI is InChI=1S/C5H3BrO3/c6-4-2-9-5(8)3(4)1-7/h4H,2H2. The topological polar surface area (TPSA) is 43.4 Å². The molecule has 0 aromatic rings. The van der Waals surface area contributed by atoms with Crippen LogP contribution in [0.15, 0.2) is 5.57 Å². The lowest BCUT2D eigenvalue weighted by molar-refractivity contribution is -0.134. The summed E-state index contributed by atoms with van der Waals surface area (Å²) < 4.78 is 4.48. The van der Waals surface area contributed by atoms with E-state index in [4.69, 9.17) is 0 Å². The maximum Gasteiger partial charge on any atom is 0.346 e. The van der Waals surface area contributed by atoms with Crippen LogP contribution in [0.5, 0.6) is 0 Å². The van der Waals surface area contributed by atoms with E-state index in [1.807, 2.05) is 0 Å². The highest BCUT2D eigenvalue weighted by atomic mass is 79.9. The molecule has 1 aliphatic rings. The zero-order valence-corrected chi connectivity index (χ0v) is 5.97. The van der Waals surface area contributed by atoms with E-state index in [1.165, 1.54) is 5.94 Å². The maximum atomic E-state index is 10.5. The third-order valence-electron chi connectivity index (χ3n) is 1.00. The Hall–Kier alpha value is -0.600. The van der Waals surface area contributed by atoms with Crippen LogP contribution >= 0.6 is 15.9 Å². The second kappa shape index (κ2) is 2.33. The van der Waals surface area contributed by atoms with Crippen molar-refractivity contribution in [3.8, 4) is 0 Å². The Labute approximate surface area is 59.8 Å². The van der Waals surface area contributed by atoms with Crippen molar-refractivity contribution in [2.24, 2.45) is 0 Å². The number of halogens is 1. The van der Waals surface area contributed by atoms with Gasteiger partial charge in [-0.3, -0.25) is 0 Å². The van der Waals surface area contributed by atoms with Crippen molar-refractivity contribution in [1.29, 1.82) is 0 Å². The molecule has 1 rings (SSSR count). The van der Waals surface area contributed by atoms with Crippen LogP contribution in [-0.4, -0.2) is 23.3 Å². The van der Waals surface area contributed by atoms with E-state index in [1.54, 1.807) is 0 Å². The minimum absolute atomic E-state index is 0.0509. The lowest BCUT2D eigenvalue weighted by Gasteiger charge is -1.86. The molecule has 0 amide bonds. The molecule has 4 heteroatoms. The van der Waals surface area contributed by atoms with E-state index in [2.05, 4.69) is 20.7 Å². The van der Waals surface area contributed by atoms with Gasteiger partial charge in [0.2, 0.25) is 0 Å². The summed E-state index contributed by atoms with van der Waals surface area (Å²) in [6.45, 7) is 0.239. The van der Waals surface area contributed by atoms with Crippen LogP contribution in [0.25, 0.3) is 0 Å². The minimum Gasteiger partial charge on any atom is -0.460 e. The lowest BCUT2D eigenvalue weighted by Crippen LogP contribution is -2.00. The van der Waals surface area contributed by atoms with Crippen molar-refractivity contribution >= 4 is 27.8 Å². The fourth-order valence-electron chi connectivity index (χ4n) is 0.543. The number of alkyl halides is 1. The van der Waals surface area contributed by atoms with Gasteiger partial charge in [-0.2, -0.15) is 0 Å².